The van der Waals surface area contributed by atoms with Gasteiger partial charge in [0.15, 0.2) is 0 Å². The fourth-order valence-electron chi connectivity index (χ4n) is 2.59. The van der Waals surface area contributed by atoms with Crippen LogP contribution in [0.3, 0.4) is 0 Å². The second-order valence-electron chi connectivity index (χ2n) is 5.31. The minimum absolute atomic E-state index is 0.0145. The molecular formula is C15H18BrClNO3S-. The molecule has 2 unspecified atom stereocenters. The summed E-state index contributed by atoms with van der Waals surface area (Å²) in [6.07, 6.45) is 3.65. The fourth-order valence-corrected chi connectivity index (χ4v) is 3.60. The van der Waals surface area contributed by atoms with E-state index in [1.807, 2.05) is 19.1 Å². The van der Waals surface area contributed by atoms with Crippen LogP contribution in [0.4, 0.5) is 0 Å². The average molecular weight is 408 g/mol. The molecule has 0 aliphatic carbocycles. The third-order valence-corrected chi connectivity index (χ3v) is 5.36. The van der Waals surface area contributed by atoms with Crippen molar-refractivity contribution in [1.29, 1.82) is 0 Å². The number of hydrogen-bond donors (Lipinski definition) is 0. The Morgan fingerprint density at radius 1 is 1.50 bits per heavy atom. The standard InChI is InChI=1S/C15H19BrClNO3S/c1-10-13(16)6-5-11(9-22(19)20)15(10)14-8-12(21-18-14)4-2-3-7-17/h5-6,12H,2-4,7-9H2,1H3,(H,19,20)/p-1. The van der Waals surface area contributed by atoms with E-state index < -0.39 is 11.1 Å². The maximum absolute atomic E-state index is 11.1. The van der Waals surface area contributed by atoms with Crippen LogP contribution in [0.1, 0.15) is 42.4 Å². The van der Waals surface area contributed by atoms with Gasteiger partial charge < -0.3 is 9.39 Å². The van der Waals surface area contributed by atoms with Gasteiger partial charge in [-0.3, -0.25) is 4.21 Å². The molecule has 0 spiro atoms. The Kier molecular flexibility index (Phi) is 6.87. The molecule has 0 radical (unpaired) electrons. The van der Waals surface area contributed by atoms with Crippen molar-refractivity contribution in [2.24, 2.45) is 5.16 Å². The molecule has 1 heterocycles. The Morgan fingerprint density at radius 2 is 2.27 bits per heavy atom. The SMILES string of the molecule is Cc1c(Br)ccc(CS(=O)[O-])c1C1=NOC(CCCCCl)C1. The Labute approximate surface area is 146 Å². The number of benzene rings is 1. The third-order valence-electron chi connectivity index (χ3n) is 3.69. The topological polar surface area (TPSA) is 61.7 Å². The van der Waals surface area contributed by atoms with Crippen LogP contribution in [0.5, 0.6) is 0 Å². The highest BCUT2D eigenvalue weighted by Crippen LogP contribution is 2.29. The molecule has 2 atom stereocenters. The minimum atomic E-state index is -2.13. The molecule has 7 heteroatoms. The molecule has 1 aliphatic rings. The Bertz CT molecular complexity index is 594. The Balaban J connectivity index is 2.18. The molecule has 1 aromatic carbocycles. The van der Waals surface area contributed by atoms with Crippen LogP contribution in [-0.4, -0.2) is 26.5 Å². The number of hydrogen-bond acceptors (Lipinski definition) is 4. The van der Waals surface area contributed by atoms with Gasteiger partial charge in [0.2, 0.25) is 0 Å². The fraction of sp³-hybridized carbons (Fsp3) is 0.533. The second-order valence-corrected chi connectivity index (χ2v) is 7.44. The van der Waals surface area contributed by atoms with Gasteiger partial charge in [0, 0.05) is 28.1 Å². The van der Waals surface area contributed by atoms with Gasteiger partial charge in [0.25, 0.3) is 0 Å². The van der Waals surface area contributed by atoms with Crippen LogP contribution in [0.25, 0.3) is 0 Å². The van der Waals surface area contributed by atoms with Gasteiger partial charge in [-0.25, -0.2) is 0 Å². The summed E-state index contributed by atoms with van der Waals surface area (Å²) in [6.45, 7) is 1.96. The number of nitrogens with zero attached hydrogens (tertiary/aromatic N) is 1. The molecular weight excluding hydrogens is 390 g/mol. The van der Waals surface area contributed by atoms with E-state index in [0.29, 0.717) is 12.3 Å². The molecule has 22 heavy (non-hydrogen) atoms. The summed E-state index contributed by atoms with van der Waals surface area (Å²) in [5.41, 5.74) is 3.47. The lowest BCUT2D eigenvalue weighted by Crippen LogP contribution is -2.12. The van der Waals surface area contributed by atoms with Gasteiger partial charge in [0.1, 0.15) is 6.10 Å². The van der Waals surface area contributed by atoms with Crippen molar-refractivity contribution in [1.82, 2.24) is 0 Å². The van der Waals surface area contributed by atoms with Crippen LogP contribution in [-0.2, 0) is 21.7 Å². The zero-order valence-electron chi connectivity index (χ0n) is 12.3. The summed E-state index contributed by atoms with van der Waals surface area (Å²) in [6, 6.07) is 3.70. The molecule has 0 aromatic heterocycles. The minimum Gasteiger partial charge on any atom is -0.772 e. The smallest absolute Gasteiger partial charge is 0.133 e. The lowest BCUT2D eigenvalue weighted by Gasteiger charge is -2.15. The summed E-state index contributed by atoms with van der Waals surface area (Å²) >= 11 is 7.05. The van der Waals surface area contributed by atoms with E-state index in [2.05, 4.69) is 21.1 Å². The highest BCUT2D eigenvalue weighted by atomic mass is 79.9. The lowest BCUT2D eigenvalue weighted by atomic mass is 9.94. The highest BCUT2D eigenvalue weighted by molar-refractivity contribution is 9.10. The lowest BCUT2D eigenvalue weighted by molar-refractivity contribution is 0.0775. The average Bonchev–Trinajstić information content (AvgIpc) is 2.91. The predicted octanol–water partition coefficient (Wildman–Crippen LogP) is 4.04. The molecule has 0 bridgehead atoms. The van der Waals surface area contributed by atoms with Gasteiger partial charge in [-0.05, 0) is 43.4 Å². The summed E-state index contributed by atoms with van der Waals surface area (Å²) in [5.74, 6) is 0.643. The summed E-state index contributed by atoms with van der Waals surface area (Å²) in [5, 5.41) is 4.20. The van der Waals surface area contributed by atoms with Crippen molar-refractivity contribution >= 4 is 44.3 Å². The van der Waals surface area contributed by atoms with Crippen molar-refractivity contribution in [3.63, 3.8) is 0 Å². The molecule has 0 saturated carbocycles. The zero-order chi connectivity index (χ0) is 16.1. The largest absolute Gasteiger partial charge is 0.772 e. The third kappa shape index (κ3) is 4.54. The van der Waals surface area contributed by atoms with Crippen LogP contribution < -0.4 is 0 Å². The van der Waals surface area contributed by atoms with Crippen molar-refractivity contribution in [3.05, 3.63) is 33.3 Å². The van der Waals surface area contributed by atoms with Crippen molar-refractivity contribution in [3.8, 4) is 0 Å². The first-order valence-corrected chi connectivity index (χ1v) is 9.73. The van der Waals surface area contributed by atoms with E-state index in [1.54, 1.807) is 0 Å². The second kappa shape index (κ2) is 8.43. The van der Waals surface area contributed by atoms with Crippen LogP contribution in [0.15, 0.2) is 21.8 Å². The quantitative estimate of drug-likeness (QED) is 0.389. The number of rotatable bonds is 7. The number of oxime groups is 1. The Morgan fingerprint density at radius 3 is 2.95 bits per heavy atom. The maximum atomic E-state index is 11.1. The Hall–Kier alpha value is -0.430. The van der Waals surface area contributed by atoms with Gasteiger partial charge in [0.05, 0.1) is 5.71 Å². The van der Waals surface area contributed by atoms with E-state index in [1.165, 1.54) is 0 Å². The highest BCUT2D eigenvalue weighted by Gasteiger charge is 2.25. The molecule has 0 amide bonds. The van der Waals surface area contributed by atoms with Crippen LogP contribution in [0.2, 0.25) is 0 Å². The molecule has 2 rings (SSSR count). The van der Waals surface area contributed by atoms with E-state index in [0.717, 1.165) is 46.1 Å². The van der Waals surface area contributed by atoms with Gasteiger partial charge in [-0.15, -0.1) is 11.6 Å². The predicted molar refractivity (Wildman–Crippen MR) is 92.1 cm³/mol. The molecule has 1 aromatic rings. The summed E-state index contributed by atoms with van der Waals surface area (Å²) < 4.78 is 23.1. The first kappa shape index (κ1) is 17.9. The number of halogens is 2. The van der Waals surface area contributed by atoms with Crippen LogP contribution in [0, 0.1) is 6.92 Å². The number of unbranched alkanes of at least 4 members (excludes halogenated alkanes) is 1. The van der Waals surface area contributed by atoms with E-state index >= 15 is 0 Å². The zero-order valence-corrected chi connectivity index (χ0v) is 15.5. The molecule has 0 saturated heterocycles. The van der Waals surface area contributed by atoms with Crippen LogP contribution >= 0.6 is 27.5 Å². The summed E-state index contributed by atoms with van der Waals surface area (Å²) in [4.78, 5) is 5.50. The van der Waals surface area contributed by atoms with E-state index in [9.17, 15) is 8.76 Å². The van der Waals surface area contributed by atoms with Crippen molar-refractivity contribution in [2.45, 2.75) is 44.5 Å². The molecule has 0 fully saturated rings. The molecule has 0 N–H and O–H groups in total. The van der Waals surface area contributed by atoms with Crippen molar-refractivity contribution < 1.29 is 13.6 Å². The van der Waals surface area contributed by atoms with Gasteiger partial charge >= 0.3 is 0 Å². The maximum Gasteiger partial charge on any atom is 0.133 e. The number of alkyl halides is 1. The monoisotopic (exact) mass is 406 g/mol. The van der Waals surface area contributed by atoms with Crippen molar-refractivity contribution in [2.75, 3.05) is 5.88 Å². The van der Waals surface area contributed by atoms with Gasteiger partial charge in [-0.2, -0.15) is 0 Å². The van der Waals surface area contributed by atoms with Gasteiger partial charge in [-0.1, -0.05) is 38.2 Å². The first-order chi connectivity index (χ1) is 10.5. The van der Waals surface area contributed by atoms with E-state index in [-0.39, 0.29) is 11.9 Å². The molecule has 4 nitrogen and oxygen atoms in total. The van der Waals surface area contributed by atoms with E-state index in [4.69, 9.17) is 16.4 Å². The molecule has 1 aliphatic heterocycles. The summed E-state index contributed by atoms with van der Waals surface area (Å²) in [7, 11) is 0. The first-order valence-electron chi connectivity index (χ1n) is 7.15. The normalized spacial score (nSPS) is 18.9. The molecule has 122 valence electrons.